The van der Waals surface area contributed by atoms with Crippen LogP contribution < -0.4 is 5.32 Å². The molecule has 0 spiro atoms. The minimum Gasteiger partial charge on any atom is -0.392 e. The van der Waals surface area contributed by atoms with Gasteiger partial charge in [-0.3, -0.25) is 0 Å². The summed E-state index contributed by atoms with van der Waals surface area (Å²) in [6.45, 7) is 0.787. The molecule has 0 bridgehead atoms. The van der Waals surface area contributed by atoms with Gasteiger partial charge in [-0.25, -0.2) is 0 Å². The lowest BCUT2D eigenvalue weighted by molar-refractivity contribution is 0.0118. The first-order valence-electron chi connectivity index (χ1n) is 6.79. The molecule has 2 rings (SSSR count). The number of benzene rings is 1. The second-order valence-electron chi connectivity index (χ2n) is 5.05. The van der Waals surface area contributed by atoms with Gasteiger partial charge in [-0.1, -0.05) is 24.3 Å². The van der Waals surface area contributed by atoms with Crippen molar-refractivity contribution in [3.05, 3.63) is 35.4 Å². The number of nitrogens with one attached hydrogen (secondary N) is 1. The second kappa shape index (κ2) is 6.88. The maximum atomic E-state index is 8.97. The Morgan fingerprint density at radius 1 is 1.11 bits per heavy atom. The maximum Gasteiger partial charge on any atom is 0.0720 e. The first-order chi connectivity index (χ1) is 8.81. The van der Waals surface area contributed by atoms with E-state index >= 15 is 0 Å². The lowest BCUT2D eigenvalue weighted by Gasteiger charge is -2.28. The van der Waals surface area contributed by atoms with E-state index in [1.54, 1.807) is 0 Å². The van der Waals surface area contributed by atoms with Gasteiger partial charge in [0.05, 0.1) is 19.3 Å². The van der Waals surface area contributed by atoms with Crippen LogP contribution in [0.5, 0.6) is 0 Å². The van der Waals surface area contributed by atoms with Crippen LogP contribution in [0.25, 0.3) is 0 Å². The average Bonchev–Trinajstić information content (AvgIpc) is 2.46. The molecule has 1 fully saturated rings. The van der Waals surface area contributed by atoms with Gasteiger partial charge in [-0.2, -0.15) is 0 Å². The molecule has 1 aromatic rings. The van der Waals surface area contributed by atoms with Crippen LogP contribution in [0.1, 0.15) is 36.8 Å². The van der Waals surface area contributed by atoms with Crippen molar-refractivity contribution in [2.45, 2.75) is 51.0 Å². The van der Waals surface area contributed by atoms with Gasteiger partial charge in [-0.15, -0.1) is 0 Å². The van der Waals surface area contributed by atoms with Gasteiger partial charge in [0, 0.05) is 6.04 Å². The third-order valence-corrected chi connectivity index (χ3v) is 3.77. The first kappa shape index (κ1) is 13.5. The van der Waals surface area contributed by atoms with Crippen LogP contribution in [-0.2, 0) is 18.0 Å². The normalized spacial score (nSPS) is 24.1. The van der Waals surface area contributed by atoms with E-state index in [4.69, 9.17) is 9.84 Å². The van der Waals surface area contributed by atoms with Gasteiger partial charge >= 0.3 is 0 Å². The predicted molar refractivity (Wildman–Crippen MR) is 72.3 cm³/mol. The Morgan fingerprint density at radius 2 is 1.72 bits per heavy atom. The molecule has 0 atom stereocenters. The van der Waals surface area contributed by atoms with Crippen molar-refractivity contribution in [2.24, 2.45) is 0 Å². The highest BCUT2D eigenvalue weighted by atomic mass is 16.5. The second-order valence-corrected chi connectivity index (χ2v) is 5.05. The van der Waals surface area contributed by atoms with Gasteiger partial charge in [0.1, 0.15) is 0 Å². The van der Waals surface area contributed by atoms with E-state index in [0.717, 1.165) is 18.4 Å². The van der Waals surface area contributed by atoms with Crippen LogP contribution in [0.4, 0.5) is 0 Å². The number of hydrogen-bond acceptors (Lipinski definition) is 3. The van der Waals surface area contributed by atoms with Crippen molar-refractivity contribution >= 4 is 0 Å². The van der Waals surface area contributed by atoms with Crippen LogP contribution in [0.3, 0.4) is 0 Å². The standard InChI is InChI=1S/C15H23NO2/c1-16-14-6-8-15(9-7-14)18-11-13-4-2-12(10-17)3-5-13/h2-5,14-17H,6-11H2,1H3. The van der Waals surface area contributed by atoms with Crippen LogP contribution in [0, 0.1) is 0 Å². The molecule has 100 valence electrons. The maximum absolute atomic E-state index is 8.97. The molecule has 0 amide bonds. The van der Waals surface area contributed by atoms with Crippen molar-refractivity contribution in [1.29, 1.82) is 0 Å². The highest BCUT2D eigenvalue weighted by molar-refractivity contribution is 5.21. The van der Waals surface area contributed by atoms with Crippen LogP contribution >= 0.6 is 0 Å². The van der Waals surface area contributed by atoms with Crippen molar-refractivity contribution < 1.29 is 9.84 Å². The molecule has 0 radical (unpaired) electrons. The number of ether oxygens (including phenoxy) is 1. The molecule has 0 aromatic heterocycles. The number of rotatable bonds is 5. The molecule has 2 N–H and O–H groups in total. The first-order valence-corrected chi connectivity index (χ1v) is 6.79. The summed E-state index contributed by atoms with van der Waals surface area (Å²) < 4.78 is 5.95. The molecular weight excluding hydrogens is 226 g/mol. The van der Waals surface area contributed by atoms with Crippen molar-refractivity contribution in [1.82, 2.24) is 5.32 Å². The summed E-state index contributed by atoms with van der Waals surface area (Å²) in [4.78, 5) is 0. The number of aliphatic hydroxyl groups is 1. The summed E-state index contributed by atoms with van der Waals surface area (Å²) in [6.07, 6.45) is 5.14. The zero-order chi connectivity index (χ0) is 12.8. The molecule has 0 aliphatic heterocycles. The Morgan fingerprint density at radius 3 is 2.28 bits per heavy atom. The molecule has 0 saturated heterocycles. The Kier molecular flexibility index (Phi) is 5.17. The minimum absolute atomic E-state index is 0.106. The molecular formula is C15H23NO2. The van der Waals surface area contributed by atoms with Gasteiger partial charge in [-0.05, 0) is 43.9 Å². The van der Waals surface area contributed by atoms with Crippen molar-refractivity contribution in [3.63, 3.8) is 0 Å². The topological polar surface area (TPSA) is 41.5 Å². The number of hydrogen-bond donors (Lipinski definition) is 2. The Hall–Kier alpha value is -0.900. The summed E-state index contributed by atoms with van der Waals surface area (Å²) in [5, 5.41) is 12.3. The molecule has 1 aromatic carbocycles. The summed E-state index contributed by atoms with van der Waals surface area (Å²) in [5.74, 6) is 0. The van der Waals surface area contributed by atoms with Crippen LogP contribution in [-0.4, -0.2) is 24.3 Å². The van der Waals surface area contributed by atoms with Crippen molar-refractivity contribution in [2.75, 3.05) is 7.05 Å². The highest BCUT2D eigenvalue weighted by Crippen LogP contribution is 2.22. The molecule has 1 saturated carbocycles. The summed E-state index contributed by atoms with van der Waals surface area (Å²) in [5.41, 5.74) is 2.14. The van der Waals surface area contributed by atoms with E-state index in [2.05, 4.69) is 5.32 Å². The molecule has 3 heteroatoms. The molecule has 0 unspecified atom stereocenters. The molecule has 1 aliphatic rings. The van der Waals surface area contributed by atoms with Gasteiger partial charge in [0.2, 0.25) is 0 Å². The quantitative estimate of drug-likeness (QED) is 0.841. The smallest absolute Gasteiger partial charge is 0.0720 e. The van der Waals surface area contributed by atoms with Gasteiger partial charge in [0.25, 0.3) is 0 Å². The van der Waals surface area contributed by atoms with Crippen molar-refractivity contribution in [3.8, 4) is 0 Å². The summed E-state index contributed by atoms with van der Waals surface area (Å²) >= 11 is 0. The van der Waals surface area contributed by atoms with E-state index < -0.39 is 0 Å². The zero-order valence-corrected chi connectivity index (χ0v) is 11.1. The molecule has 1 aliphatic carbocycles. The molecule has 3 nitrogen and oxygen atoms in total. The Balaban J connectivity index is 1.74. The number of aliphatic hydroxyl groups excluding tert-OH is 1. The predicted octanol–water partition coefficient (Wildman–Crippen LogP) is 2.23. The molecule has 18 heavy (non-hydrogen) atoms. The minimum atomic E-state index is 0.106. The van der Waals surface area contributed by atoms with Gasteiger partial charge in [0.15, 0.2) is 0 Å². The molecule has 0 heterocycles. The van der Waals surface area contributed by atoms with E-state index in [9.17, 15) is 0 Å². The van der Waals surface area contributed by atoms with E-state index in [1.807, 2.05) is 31.3 Å². The summed E-state index contributed by atoms with van der Waals surface area (Å²) in [7, 11) is 2.04. The Labute approximate surface area is 109 Å². The summed E-state index contributed by atoms with van der Waals surface area (Å²) in [6, 6.07) is 8.65. The highest BCUT2D eigenvalue weighted by Gasteiger charge is 2.20. The fourth-order valence-electron chi connectivity index (χ4n) is 2.47. The largest absolute Gasteiger partial charge is 0.392 e. The van der Waals surface area contributed by atoms with E-state index in [-0.39, 0.29) is 6.61 Å². The third-order valence-electron chi connectivity index (χ3n) is 3.77. The van der Waals surface area contributed by atoms with Crippen LogP contribution in [0.15, 0.2) is 24.3 Å². The van der Waals surface area contributed by atoms with Gasteiger partial charge < -0.3 is 15.2 Å². The lowest BCUT2D eigenvalue weighted by atomic mass is 9.93. The fraction of sp³-hybridized carbons (Fsp3) is 0.600. The van der Waals surface area contributed by atoms with E-state index in [1.165, 1.54) is 18.4 Å². The third kappa shape index (κ3) is 3.80. The van der Waals surface area contributed by atoms with E-state index in [0.29, 0.717) is 18.8 Å². The van der Waals surface area contributed by atoms with Crippen LogP contribution in [0.2, 0.25) is 0 Å². The monoisotopic (exact) mass is 249 g/mol. The zero-order valence-electron chi connectivity index (χ0n) is 11.1. The average molecular weight is 249 g/mol. The SMILES string of the molecule is CNC1CCC(OCc2ccc(CO)cc2)CC1. The Bertz CT molecular complexity index is 342. The fourth-order valence-corrected chi connectivity index (χ4v) is 2.47. The lowest BCUT2D eigenvalue weighted by Crippen LogP contribution is -2.32.